The highest BCUT2D eigenvalue weighted by Gasteiger charge is 2.31. The molecule has 3 heterocycles. The Morgan fingerprint density at radius 1 is 1.17 bits per heavy atom. The lowest BCUT2D eigenvalue weighted by Gasteiger charge is -2.35. The van der Waals surface area contributed by atoms with Crippen LogP contribution in [0.25, 0.3) is 11.0 Å². The number of imidazole rings is 1. The van der Waals surface area contributed by atoms with Crippen LogP contribution in [0.5, 0.6) is 0 Å². The van der Waals surface area contributed by atoms with E-state index in [4.69, 9.17) is 9.47 Å². The van der Waals surface area contributed by atoms with E-state index in [9.17, 15) is 9.59 Å². The van der Waals surface area contributed by atoms with Gasteiger partial charge in [0.05, 0.1) is 30.9 Å². The molecule has 2 aliphatic heterocycles. The topological polar surface area (TPSA) is 76.6 Å². The van der Waals surface area contributed by atoms with Gasteiger partial charge in [0.2, 0.25) is 0 Å². The van der Waals surface area contributed by atoms with E-state index in [1.165, 1.54) is 0 Å². The van der Waals surface area contributed by atoms with Crippen molar-refractivity contribution in [3.63, 3.8) is 0 Å². The Morgan fingerprint density at radius 3 is 2.71 bits per heavy atom. The van der Waals surface area contributed by atoms with Gasteiger partial charge in [-0.25, -0.2) is 4.79 Å². The van der Waals surface area contributed by atoms with Gasteiger partial charge in [-0.15, -0.1) is 0 Å². The van der Waals surface area contributed by atoms with Gasteiger partial charge >= 0.3 is 5.69 Å². The number of piperidine rings is 1. The number of amides is 1. The number of ether oxygens (including phenoxy) is 2. The number of aromatic nitrogens is 2. The number of rotatable bonds is 2. The molecule has 0 saturated carbocycles. The average molecular weight is 331 g/mol. The monoisotopic (exact) mass is 331 g/mol. The van der Waals surface area contributed by atoms with Crippen molar-refractivity contribution in [2.45, 2.75) is 25.0 Å². The van der Waals surface area contributed by atoms with Gasteiger partial charge in [0, 0.05) is 19.1 Å². The number of nitrogens with one attached hydrogen (secondary N) is 1. The fraction of sp³-hybridized carbons (Fsp3) is 0.529. The summed E-state index contributed by atoms with van der Waals surface area (Å²) >= 11 is 0. The highest BCUT2D eigenvalue weighted by molar-refractivity contribution is 5.81. The Hall–Kier alpha value is -2.12. The molecule has 1 aromatic heterocycles. The zero-order valence-corrected chi connectivity index (χ0v) is 13.4. The van der Waals surface area contributed by atoms with Crippen molar-refractivity contribution < 1.29 is 14.3 Å². The number of likely N-dealkylation sites (tertiary alicyclic amines) is 1. The fourth-order valence-electron chi connectivity index (χ4n) is 3.62. The maximum Gasteiger partial charge on any atom is 0.326 e. The van der Waals surface area contributed by atoms with Crippen LogP contribution in [-0.4, -0.2) is 59.4 Å². The van der Waals surface area contributed by atoms with Gasteiger partial charge in [-0.1, -0.05) is 12.1 Å². The Labute approximate surface area is 139 Å². The van der Waals surface area contributed by atoms with Crippen molar-refractivity contribution in [3.8, 4) is 0 Å². The summed E-state index contributed by atoms with van der Waals surface area (Å²) in [4.78, 5) is 29.5. The fourth-order valence-corrected chi connectivity index (χ4v) is 3.62. The van der Waals surface area contributed by atoms with Crippen LogP contribution in [0.2, 0.25) is 0 Å². The van der Waals surface area contributed by atoms with Crippen molar-refractivity contribution in [2.75, 3.05) is 32.9 Å². The van der Waals surface area contributed by atoms with E-state index in [1.54, 1.807) is 0 Å². The first-order chi connectivity index (χ1) is 11.7. The van der Waals surface area contributed by atoms with E-state index in [1.807, 2.05) is 33.7 Å². The van der Waals surface area contributed by atoms with Crippen LogP contribution in [0.1, 0.15) is 18.9 Å². The molecule has 2 fully saturated rings. The van der Waals surface area contributed by atoms with Crippen LogP contribution in [0.4, 0.5) is 0 Å². The third-order valence-electron chi connectivity index (χ3n) is 4.86. The Kier molecular flexibility index (Phi) is 4.12. The molecule has 128 valence electrons. The van der Waals surface area contributed by atoms with Crippen LogP contribution in [0.3, 0.4) is 0 Å². The molecule has 4 rings (SSSR count). The molecule has 7 heteroatoms. The second-order valence-electron chi connectivity index (χ2n) is 6.31. The number of hydrogen-bond acceptors (Lipinski definition) is 4. The first kappa shape index (κ1) is 15.4. The van der Waals surface area contributed by atoms with E-state index >= 15 is 0 Å². The summed E-state index contributed by atoms with van der Waals surface area (Å²) in [5.74, 6) is -0.000534. The number of H-pyrrole nitrogens is 1. The summed E-state index contributed by atoms with van der Waals surface area (Å²) in [7, 11) is 0. The van der Waals surface area contributed by atoms with Crippen molar-refractivity contribution in [1.82, 2.24) is 14.5 Å². The van der Waals surface area contributed by atoms with Gasteiger partial charge < -0.3 is 19.4 Å². The molecule has 24 heavy (non-hydrogen) atoms. The number of aromatic amines is 1. The molecule has 1 unspecified atom stereocenters. The van der Waals surface area contributed by atoms with Crippen LogP contribution in [0, 0.1) is 0 Å². The Balaban J connectivity index is 1.46. The van der Waals surface area contributed by atoms with Gasteiger partial charge in [-0.05, 0) is 25.0 Å². The second kappa shape index (κ2) is 6.41. The predicted molar refractivity (Wildman–Crippen MR) is 88.0 cm³/mol. The maximum absolute atomic E-state index is 12.5. The second-order valence-corrected chi connectivity index (χ2v) is 6.31. The number of fused-ring (bicyclic) bond motifs is 1. The zero-order valence-electron chi connectivity index (χ0n) is 13.4. The number of para-hydroxylation sites is 2. The van der Waals surface area contributed by atoms with Crippen LogP contribution in [-0.2, 0) is 14.3 Å². The van der Waals surface area contributed by atoms with E-state index in [0.29, 0.717) is 32.9 Å². The van der Waals surface area contributed by atoms with E-state index in [-0.39, 0.29) is 17.6 Å². The third-order valence-corrected chi connectivity index (χ3v) is 4.86. The quantitative estimate of drug-likeness (QED) is 0.887. The standard InChI is InChI=1S/C17H21N3O4/c21-16(15-11-23-9-10-24-15)19-7-5-12(6-8-19)20-14-4-2-1-3-13(14)18-17(20)22/h1-4,12,15H,5-11H2,(H,18,22). The van der Waals surface area contributed by atoms with Gasteiger partial charge in [0.1, 0.15) is 0 Å². The van der Waals surface area contributed by atoms with E-state index in [0.717, 1.165) is 23.9 Å². The van der Waals surface area contributed by atoms with E-state index in [2.05, 4.69) is 4.98 Å². The molecule has 1 N–H and O–H groups in total. The Morgan fingerprint density at radius 2 is 1.96 bits per heavy atom. The summed E-state index contributed by atoms with van der Waals surface area (Å²) in [6.07, 6.45) is 1.05. The summed E-state index contributed by atoms with van der Waals surface area (Å²) in [6.45, 7) is 2.62. The van der Waals surface area contributed by atoms with Crippen molar-refractivity contribution in [2.24, 2.45) is 0 Å². The number of carbonyl (C=O) groups excluding carboxylic acids is 1. The highest BCUT2D eigenvalue weighted by atomic mass is 16.6. The van der Waals surface area contributed by atoms with Crippen LogP contribution >= 0.6 is 0 Å². The molecular weight excluding hydrogens is 310 g/mol. The molecule has 1 aromatic carbocycles. The van der Waals surface area contributed by atoms with Crippen LogP contribution < -0.4 is 5.69 Å². The van der Waals surface area contributed by atoms with Crippen molar-refractivity contribution in [1.29, 1.82) is 0 Å². The van der Waals surface area contributed by atoms with Crippen LogP contribution in [0.15, 0.2) is 29.1 Å². The highest BCUT2D eigenvalue weighted by Crippen LogP contribution is 2.25. The number of hydrogen-bond donors (Lipinski definition) is 1. The lowest BCUT2D eigenvalue weighted by Crippen LogP contribution is -2.48. The number of benzene rings is 1. The summed E-state index contributed by atoms with van der Waals surface area (Å²) in [6, 6.07) is 7.83. The lowest BCUT2D eigenvalue weighted by atomic mass is 10.0. The minimum absolute atomic E-state index is 0.000534. The summed E-state index contributed by atoms with van der Waals surface area (Å²) in [5.41, 5.74) is 1.70. The molecular formula is C17H21N3O4. The summed E-state index contributed by atoms with van der Waals surface area (Å²) < 4.78 is 12.6. The minimum atomic E-state index is -0.480. The third kappa shape index (κ3) is 2.74. The molecule has 0 bridgehead atoms. The molecule has 0 aliphatic carbocycles. The predicted octanol–water partition coefficient (Wildman–Crippen LogP) is 0.909. The van der Waals surface area contributed by atoms with Gasteiger partial charge in [0.15, 0.2) is 6.10 Å². The zero-order chi connectivity index (χ0) is 16.5. The SMILES string of the molecule is O=C(C1COCCO1)N1CCC(n2c(=O)[nH]c3ccccc32)CC1. The largest absolute Gasteiger partial charge is 0.376 e. The first-order valence-electron chi connectivity index (χ1n) is 8.41. The van der Waals surface area contributed by atoms with E-state index < -0.39 is 6.10 Å². The molecule has 1 amide bonds. The molecule has 1 atom stereocenters. The first-order valence-corrected chi connectivity index (χ1v) is 8.41. The average Bonchev–Trinajstić information content (AvgIpc) is 2.98. The molecule has 2 saturated heterocycles. The molecule has 2 aromatic rings. The molecule has 7 nitrogen and oxygen atoms in total. The van der Waals surface area contributed by atoms with Gasteiger partial charge in [0.25, 0.3) is 5.91 Å². The minimum Gasteiger partial charge on any atom is -0.376 e. The maximum atomic E-state index is 12.5. The smallest absolute Gasteiger partial charge is 0.326 e. The number of nitrogens with zero attached hydrogens (tertiary/aromatic N) is 2. The van der Waals surface area contributed by atoms with Gasteiger partial charge in [-0.3, -0.25) is 9.36 Å². The van der Waals surface area contributed by atoms with Crippen molar-refractivity contribution >= 4 is 16.9 Å². The normalized spacial score (nSPS) is 22.8. The number of carbonyl (C=O) groups is 1. The lowest BCUT2D eigenvalue weighted by molar-refractivity contribution is -0.159. The molecule has 2 aliphatic rings. The van der Waals surface area contributed by atoms with Crippen molar-refractivity contribution in [3.05, 3.63) is 34.7 Å². The molecule has 0 spiro atoms. The molecule has 0 radical (unpaired) electrons. The summed E-state index contributed by atoms with van der Waals surface area (Å²) in [5, 5.41) is 0. The van der Waals surface area contributed by atoms with Gasteiger partial charge in [-0.2, -0.15) is 0 Å². The Bertz CT molecular complexity index is 782.